The molecule has 4 heterocycles. The van der Waals surface area contributed by atoms with Crippen LogP contribution >= 0.6 is 0 Å². The van der Waals surface area contributed by atoms with Gasteiger partial charge in [0.2, 0.25) is 0 Å². The Balaban J connectivity index is 1.80. The fourth-order valence-electron chi connectivity index (χ4n) is 3.25. The SMILES string of the molecule is Cc1cc(C(F)(F)F)cc(-c2n[nH]c3ccnc(NC4CCOCC4)c23)n1. The van der Waals surface area contributed by atoms with Gasteiger partial charge in [0.25, 0.3) is 0 Å². The first kappa shape index (κ1) is 17.7. The summed E-state index contributed by atoms with van der Waals surface area (Å²) in [6.07, 6.45) is -1.13. The van der Waals surface area contributed by atoms with E-state index in [1.165, 1.54) is 6.92 Å². The van der Waals surface area contributed by atoms with Gasteiger partial charge in [-0.25, -0.2) is 4.98 Å². The molecule has 4 rings (SSSR count). The smallest absolute Gasteiger partial charge is 0.381 e. The second-order valence-electron chi connectivity index (χ2n) is 6.57. The number of hydrogen-bond acceptors (Lipinski definition) is 5. The summed E-state index contributed by atoms with van der Waals surface area (Å²) in [7, 11) is 0. The highest BCUT2D eigenvalue weighted by Crippen LogP contribution is 2.35. The third-order valence-electron chi connectivity index (χ3n) is 4.56. The zero-order chi connectivity index (χ0) is 19.0. The lowest BCUT2D eigenvalue weighted by molar-refractivity contribution is -0.137. The number of H-pyrrole nitrogens is 1. The lowest BCUT2D eigenvalue weighted by Gasteiger charge is -2.24. The molecule has 0 unspecified atom stereocenters. The van der Waals surface area contributed by atoms with Crippen LogP contribution in [0.2, 0.25) is 0 Å². The normalized spacial score (nSPS) is 16.0. The summed E-state index contributed by atoms with van der Waals surface area (Å²) in [5, 5.41) is 11.1. The van der Waals surface area contributed by atoms with Gasteiger partial charge in [-0.1, -0.05) is 0 Å². The molecule has 1 aliphatic rings. The van der Waals surface area contributed by atoms with Gasteiger partial charge in [0.1, 0.15) is 11.5 Å². The van der Waals surface area contributed by atoms with Crippen LogP contribution in [0.15, 0.2) is 24.4 Å². The van der Waals surface area contributed by atoms with Crippen molar-refractivity contribution in [3.8, 4) is 11.4 Å². The van der Waals surface area contributed by atoms with E-state index in [0.29, 0.717) is 35.6 Å². The Bertz CT molecular complexity index is 963. The molecule has 1 fully saturated rings. The number of aromatic amines is 1. The van der Waals surface area contributed by atoms with Gasteiger partial charge in [-0.3, -0.25) is 10.1 Å². The number of aromatic nitrogens is 4. The summed E-state index contributed by atoms with van der Waals surface area (Å²) >= 11 is 0. The minimum Gasteiger partial charge on any atom is -0.381 e. The first-order valence-corrected chi connectivity index (χ1v) is 8.65. The molecule has 0 spiro atoms. The fraction of sp³-hybridized carbons (Fsp3) is 0.389. The molecule has 2 N–H and O–H groups in total. The topological polar surface area (TPSA) is 75.7 Å². The highest BCUT2D eigenvalue weighted by Gasteiger charge is 2.32. The summed E-state index contributed by atoms with van der Waals surface area (Å²) in [5.41, 5.74) is 0.729. The Kier molecular flexibility index (Phi) is 4.47. The van der Waals surface area contributed by atoms with Crippen molar-refractivity contribution in [2.24, 2.45) is 0 Å². The van der Waals surface area contributed by atoms with Gasteiger partial charge in [0, 0.05) is 31.1 Å². The number of rotatable bonds is 3. The van der Waals surface area contributed by atoms with E-state index >= 15 is 0 Å². The van der Waals surface area contributed by atoms with Crippen LogP contribution in [0.1, 0.15) is 24.1 Å². The maximum absolute atomic E-state index is 13.2. The average molecular weight is 377 g/mol. The number of alkyl halides is 3. The van der Waals surface area contributed by atoms with Gasteiger partial charge in [0.15, 0.2) is 0 Å². The zero-order valence-electron chi connectivity index (χ0n) is 14.6. The third-order valence-corrected chi connectivity index (χ3v) is 4.56. The standard InChI is InChI=1S/C18H18F3N5O/c1-10-8-11(18(19,20)21)9-14(23-10)16-15-13(25-26-16)2-5-22-17(15)24-12-3-6-27-7-4-12/h2,5,8-9,12H,3-4,6-7H2,1H3,(H,22,24)(H,25,26). The molecule has 0 saturated carbocycles. The van der Waals surface area contributed by atoms with Gasteiger partial charge < -0.3 is 10.1 Å². The number of nitrogens with zero attached hydrogens (tertiary/aromatic N) is 3. The lowest BCUT2D eigenvalue weighted by Crippen LogP contribution is -2.28. The predicted molar refractivity (Wildman–Crippen MR) is 94.3 cm³/mol. The largest absolute Gasteiger partial charge is 0.416 e. The number of hydrogen-bond donors (Lipinski definition) is 2. The first-order valence-electron chi connectivity index (χ1n) is 8.65. The molecule has 9 heteroatoms. The van der Waals surface area contributed by atoms with Crippen LogP contribution in [0.3, 0.4) is 0 Å². The van der Waals surface area contributed by atoms with Crippen LogP contribution < -0.4 is 5.32 Å². The number of ether oxygens (including phenoxy) is 1. The molecular formula is C18H18F3N5O. The summed E-state index contributed by atoms with van der Waals surface area (Å²) in [4.78, 5) is 8.66. The molecule has 0 aliphatic carbocycles. The second-order valence-corrected chi connectivity index (χ2v) is 6.57. The monoisotopic (exact) mass is 377 g/mol. The molecule has 1 saturated heterocycles. The van der Waals surface area contributed by atoms with Crippen LogP contribution in [0, 0.1) is 6.92 Å². The van der Waals surface area contributed by atoms with Crippen LogP contribution in [0.25, 0.3) is 22.3 Å². The quantitative estimate of drug-likeness (QED) is 0.723. The maximum atomic E-state index is 13.2. The van der Waals surface area contributed by atoms with E-state index in [0.717, 1.165) is 25.0 Å². The first-order chi connectivity index (χ1) is 12.9. The molecule has 142 valence electrons. The molecule has 3 aromatic rings. The highest BCUT2D eigenvalue weighted by atomic mass is 19.4. The summed E-state index contributed by atoms with van der Waals surface area (Å²) in [6.45, 7) is 2.87. The zero-order valence-corrected chi connectivity index (χ0v) is 14.6. The number of halogens is 3. The second kappa shape index (κ2) is 6.80. The van der Waals surface area contributed by atoms with Crippen LogP contribution in [0.5, 0.6) is 0 Å². The molecule has 0 amide bonds. The van der Waals surface area contributed by atoms with E-state index in [1.807, 2.05) is 0 Å². The van der Waals surface area contributed by atoms with Crippen molar-refractivity contribution in [1.82, 2.24) is 20.2 Å². The van der Waals surface area contributed by atoms with Gasteiger partial charge in [0.05, 0.1) is 22.2 Å². The minimum atomic E-state index is -4.45. The maximum Gasteiger partial charge on any atom is 0.416 e. The molecule has 27 heavy (non-hydrogen) atoms. The predicted octanol–water partition coefficient (Wildman–Crippen LogP) is 3.94. The number of aryl methyl sites for hydroxylation is 1. The van der Waals surface area contributed by atoms with Crippen molar-refractivity contribution >= 4 is 16.7 Å². The van der Waals surface area contributed by atoms with Crippen molar-refractivity contribution in [3.05, 3.63) is 35.7 Å². The van der Waals surface area contributed by atoms with E-state index in [1.54, 1.807) is 12.3 Å². The highest BCUT2D eigenvalue weighted by molar-refractivity contribution is 5.99. The summed E-state index contributed by atoms with van der Waals surface area (Å²) in [5.74, 6) is 0.583. The van der Waals surface area contributed by atoms with Gasteiger partial charge >= 0.3 is 6.18 Å². The molecule has 0 bridgehead atoms. The minimum absolute atomic E-state index is 0.164. The summed E-state index contributed by atoms with van der Waals surface area (Å²) in [6, 6.07) is 3.98. The van der Waals surface area contributed by atoms with Gasteiger partial charge in [-0.05, 0) is 38.0 Å². The van der Waals surface area contributed by atoms with Crippen LogP contribution in [-0.4, -0.2) is 39.4 Å². The van der Waals surface area contributed by atoms with E-state index in [2.05, 4.69) is 25.5 Å². The van der Waals surface area contributed by atoms with Crippen molar-refractivity contribution in [2.45, 2.75) is 32.0 Å². The van der Waals surface area contributed by atoms with Gasteiger partial charge in [-0.2, -0.15) is 18.3 Å². The third kappa shape index (κ3) is 3.59. The van der Waals surface area contributed by atoms with Gasteiger partial charge in [-0.15, -0.1) is 0 Å². The van der Waals surface area contributed by atoms with E-state index in [-0.39, 0.29) is 17.4 Å². The van der Waals surface area contributed by atoms with Crippen LogP contribution in [-0.2, 0) is 10.9 Å². The van der Waals surface area contributed by atoms with E-state index in [9.17, 15) is 13.2 Å². The molecule has 6 nitrogen and oxygen atoms in total. The molecule has 0 aromatic carbocycles. The Morgan fingerprint density at radius 2 is 2.00 bits per heavy atom. The van der Waals surface area contributed by atoms with E-state index < -0.39 is 11.7 Å². The fourth-order valence-corrected chi connectivity index (χ4v) is 3.25. The molecule has 3 aromatic heterocycles. The number of anilines is 1. The lowest BCUT2D eigenvalue weighted by atomic mass is 10.1. The average Bonchev–Trinajstić information content (AvgIpc) is 3.07. The molecule has 0 radical (unpaired) electrons. The number of nitrogens with one attached hydrogen (secondary N) is 2. The van der Waals surface area contributed by atoms with Crippen LogP contribution in [0.4, 0.5) is 19.0 Å². The van der Waals surface area contributed by atoms with E-state index in [4.69, 9.17) is 4.74 Å². The Morgan fingerprint density at radius 3 is 2.74 bits per heavy atom. The molecular weight excluding hydrogens is 359 g/mol. The Morgan fingerprint density at radius 1 is 1.22 bits per heavy atom. The number of fused-ring (bicyclic) bond motifs is 1. The van der Waals surface area contributed by atoms with Crippen molar-refractivity contribution in [1.29, 1.82) is 0 Å². The number of pyridine rings is 2. The Labute approximate surface area is 153 Å². The van der Waals surface area contributed by atoms with Crippen molar-refractivity contribution in [3.63, 3.8) is 0 Å². The molecule has 1 aliphatic heterocycles. The summed E-state index contributed by atoms with van der Waals surface area (Å²) < 4.78 is 45.0. The van der Waals surface area contributed by atoms with Crippen molar-refractivity contribution in [2.75, 3.05) is 18.5 Å². The Hall–Kier alpha value is -2.68. The molecule has 0 atom stereocenters. The van der Waals surface area contributed by atoms with Crippen molar-refractivity contribution < 1.29 is 17.9 Å².